The number of ketones is 1. The van der Waals surface area contributed by atoms with Gasteiger partial charge in [-0.2, -0.15) is 0 Å². The van der Waals surface area contributed by atoms with Crippen molar-refractivity contribution in [2.24, 2.45) is 0 Å². The van der Waals surface area contributed by atoms with E-state index in [9.17, 15) is 4.79 Å². The molecule has 1 aliphatic heterocycles. The number of likely N-dealkylation sites (tertiary alicyclic amines) is 1. The van der Waals surface area contributed by atoms with Crippen molar-refractivity contribution in [2.75, 3.05) is 13.1 Å². The number of furan rings is 1. The van der Waals surface area contributed by atoms with Gasteiger partial charge in [-0.15, -0.1) is 0 Å². The minimum Gasteiger partial charge on any atom is -0.461 e. The predicted octanol–water partition coefficient (Wildman–Crippen LogP) is 2.34. The lowest BCUT2D eigenvalue weighted by atomic mass is 10.0. The second-order valence-electron chi connectivity index (χ2n) is 4.74. The average Bonchev–Trinajstić information content (AvgIpc) is 2.76. The van der Waals surface area contributed by atoms with Crippen LogP contribution < -0.4 is 0 Å². The summed E-state index contributed by atoms with van der Waals surface area (Å²) in [5, 5.41) is 0. The summed E-state index contributed by atoms with van der Waals surface area (Å²) in [5.74, 6) is 0.549. The summed E-state index contributed by atoms with van der Waals surface area (Å²) in [4.78, 5) is 14.0. The van der Waals surface area contributed by atoms with Gasteiger partial charge in [0.15, 0.2) is 5.76 Å². The Bertz CT molecular complexity index is 341. The Morgan fingerprint density at radius 2 is 2.40 bits per heavy atom. The van der Waals surface area contributed by atoms with Gasteiger partial charge in [0.2, 0.25) is 5.78 Å². The van der Waals surface area contributed by atoms with E-state index in [1.807, 2.05) is 0 Å². The largest absolute Gasteiger partial charge is 0.461 e. The number of hydrogen-bond acceptors (Lipinski definition) is 3. The second-order valence-corrected chi connectivity index (χ2v) is 4.74. The summed E-state index contributed by atoms with van der Waals surface area (Å²) in [7, 11) is 0. The van der Waals surface area contributed by atoms with Crippen LogP contribution in [0.4, 0.5) is 0 Å². The van der Waals surface area contributed by atoms with E-state index in [4.69, 9.17) is 4.42 Å². The monoisotopic (exact) mass is 207 g/mol. The van der Waals surface area contributed by atoms with Crippen molar-refractivity contribution in [1.29, 1.82) is 0 Å². The topological polar surface area (TPSA) is 33.5 Å². The number of rotatable bonds is 3. The van der Waals surface area contributed by atoms with Crippen LogP contribution in [0.15, 0.2) is 22.8 Å². The second kappa shape index (κ2) is 3.81. The van der Waals surface area contributed by atoms with Crippen LogP contribution in [0.2, 0.25) is 0 Å². The van der Waals surface area contributed by atoms with Crippen LogP contribution in [0, 0.1) is 0 Å². The molecule has 0 unspecified atom stereocenters. The summed E-state index contributed by atoms with van der Waals surface area (Å²) in [6.45, 7) is 5.87. The molecular weight excluding hydrogens is 190 g/mol. The zero-order valence-electron chi connectivity index (χ0n) is 9.32. The molecule has 1 aliphatic rings. The predicted molar refractivity (Wildman–Crippen MR) is 57.9 cm³/mol. The van der Waals surface area contributed by atoms with Crippen molar-refractivity contribution in [3.63, 3.8) is 0 Å². The van der Waals surface area contributed by atoms with Crippen LogP contribution in [0.3, 0.4) is 0 Å². The Morgan fingerprint density at radius 3 is 2.93 bits per heavy atom. The highest BCUT2D eigenvalue weighted by Gasteiger charge is 2.33. The van der Waals surface area contributed by atoms with Gasteiger partial charge in [-0.05, 0) is 45.4 Å². The maximum absolute atomic E-state index is 11.8. The fourth-order valence-corrected chi connectivity index (χ4v) is 2.14. The molecule has 0 aromatic carbocycles. The molecule has 0 bridgehead atoms. The Kier molecular flexibility index (Phi) is 2.65. The smallest absolute Gasteiger partial charge is 0.211 e. The van der Waals surface area contributed by atoms with Crippen molar-refractivity contribution < 1.29 is 9.21 Å². The Balaban J connectivity index is 2.01. The lowest BCUT2D eigenvalue weighted by molar-refractivity contribution is 0.0844. The molecule has 1 saturated heterocycles. The highest BCUT2D eigenvalue weighted by atomic mass is 16.3. The molecule has 82 valence electrons. The van der Waals surface area contributed by atoms with Crippen molar-refractivity contribution in [3.05, 3.63) is 24.2 Å². The minimum atomic E-state index is 0.0787. The van der Waals surface area contributed by atoms with Crippen molar-refractivity contribution in [1.82, 2.24) is 4.90 Å². The van der Waals surface area contributed by atoms with Gasteiger partial charge in [0.25, 0.3) is 0 Å². The number of hydrogen-bond donors (Lipinski definition) is 0. The number of Topliss-reactive ketones (excluding diaryl/α,β-unsaturated/α-hetero) is 1. The lowest BCUT2D eigenvalue weighted by Crippen LogP contribution is -2.41. The molecule has 0 saturated carbocycles. The quantitative estimate of drug-likeness (QED) is 0.713. The fraction of sp³-hybridized carbons (Fsp3) is 0.583. The van der Waals surface area contributed by atoms with Crippen LogP contribution in [-0.2, 0) is 0 Å². The Hall–Kier alpha value is -1.09. The van der Waals surface area contributed by atoms with Gasteiger partial charge in [0.1, 0.15) is 0 Å². The molecule has 0 N–H and O–H groups in total. The first-order valence-corrected chi connectivity index (χ1v) is 5.41. The van der Waals surface area contributed by atoms with Gasteiger partial charge in [-0.3, -0.25) is 9.69 Å². The third-order valence-corrected chi connectivity index (χ3v) is 3.20. The lowest BCUT2D eigenvalue weighted by Gasteiger charge is -2.30. The van der Waals surface area contributed by atoms with Crippen LogP contribution in [-0.4, -0.2) is 29.3 Å². The molecule has 1 aromatic rings. The van der Waals surface area contributed by atoms with Crippen molar-refractivity contribution >= 4 is 5.78 Å². The maximum atomic E-state index is 11.8. The van der Waals surface area contributed by atoms with E-state index in [1.54, 1.807) is 18.4 Å². The highest BCUT2D eigenvalue weighted by Crippen LogP contribution is 2.27. The highest BCUT2D eigenvalue weighted by molar-refractivity contribution is 5.95. The van der Waals surface area contributed by atoms with E-state index in [0.29, 0.717) is 12.3 Å². The summed E-state index contributed by atoms with van der Waals surface area (Å²) in [6, 6.07) is 3.48. The molecule has 1 fully saturated rings. The Labute approximate surface area is 90.1 Å². The van der Waals surface area contributed by atoms with Gasteiger partial charge in [0.05, 0.1) is 12.8 Å². The number of carbonyl (C=O) groups excluding carboxylic acids is 1. The average molecular weight is 207 g/mol. The first-order valence-electron chi connectivity index (χ1n) is 5.41. The molecule has 0 aliphatic carbocycles. The van der Waals surface area contributed by atoms with Crippen LogP contribution in [0.5, 0.6) is 0 Å². The summed E-state index contributed by atoms with van der Waals surface area (Å²) in [6.07, 6.45) is 3.89. The van der Waals surface area contributed by atoms with Gasteiger partial charge >= 0.3 is 0 Å². The van der Waals surface area contributed by atoms with Gasteiger partial charge in [-0.25, -0.2) is 0 Å². The Morgan fingerprint density at radius 1 is 1.60 bits per heavy atom. The van der Waals surface area contributed by atoms with E-state index >= 15 is 0 Å². The third-order valence-electron chi connectivity index (χ3n) is 3.20. The molecule has 2 rings (SSSR count). The SMILES string of the molecule is CC1(C)CCCN1CC(=O)c1ccco1. The number of nitrogens with zero attached hydrogens (tertiary/aromatic N) is 1. The molecular formula is C12H17NO2. The summed E-state index contributed by atoms with van der Waals surface area (Å²) < 4.78 is 5.10. The molecule has 3 nitrogen and oxygen atoms in total. The summed E-state index contributed by atoms with van der Waals surface area (Å²) in [5.41, 5.74) is 0.155. The zero-order valence-corrected chi connectivity index (χ0v) is 9.32. The number of carbonyl (C=O) groups is 1. The zero-order chi connectivity index (χ0) is 10.9. The van der Waals surface area contributed by atoms with E-state index in [0.717, 1.165) is 6.54 Å². The van der Waals surface area contributed by atoms with Crippen molar-refractivity contribution in [2.45, 2.75) is 32.2 Å². The standard InChI is InChI=1S/C12H17NO2/c1-12(2)6-4-7-13(12)9-10(14)11-5-3-8-15-11/h3,5,8H,4,6-7,9H2,1-2H3. The molecule has 1 aromatic heterocycles. The molecule has 0 radical (unpaired) electrons. The van der Waals surface area contributed by atoms with E-state index in [1.165, 1.54) is 12.8 Å². The van der Waals surface area contributed by atoms with Crippen LogP contribution in [0.25, 0.3) is 0 Å². The van der Waals surface area contributed by atoms with Gasteiger partial charge < -0.3 is 4.42 Å². The minimum absolute atomic E-state index is 0.0787. The molecule has 2 heterocycles. The normalized spacial score (nSPS) is 20.7. The van der Waals surface area contributed by atoms with Crippen LogP contribution >= 0.6 is 0 Å². The third kappa shape index (κ3) is 2.12. The summed E-state index contributed by atoms with van der Waals surface area (Å²) >= 11 is 0. The van der Waals surface area contributed by atoms with E-state index in [2.05, 4.69) is 18.7 Å². The molecule has 0 spiro atoms. The maximum Gasteiger partial charge on any atom is 0.211 e. The van der Waals surface area contributed by atoms with Gasteiger partial charge in [-0.1, -0.05) is 0 Å². The van der Waals surface area contributed by atoms with Gasteiger partial charge in [0, 0.05) is 5.54 Å². The first-order chi connectivity index (χ1) is 7.09. The first kappa shape index (κ1) is 10.4. The molecule has 0 amide bonds. The van der Waals surface area contributed by atoms with Crippen molar-refractivity contribution in [3.8, 4) is 0 Å². The molecule has 3 heteroatoms. The fourth-order valence-electron chi connectivity index (χ4n) is 2.14. The van der Waals surface area contributed by atoms with Crippen LogP contribution in [0.1, 0.15) is 37.2 Å². The van der Waals surface area contributed by atoms with E-state index in [-0.39, 0.29) is 11.3 Å². The molecule has 15 heavy (non-hydrogen) atoms. The van der Waals surface area contributed by atoms with E-state index < -0.39 is 0 Å². The molecule has 0 atom stereocenters.